The molecule has 3 heterocycles. The number of aromatic nitrogens is 2. The Morgan fingerprint density at radius 1 is 1.12 bits per heavy atom. The molecule has 1 fully saturated rings. The van der Waals surface area contributed by atoms with E-state index in [0.717, 1.165) is 36.5 Å². The summed E-state index contributed by atoms with van der Waals surface area (Å²) in [6.07, 6.45) is 2.45. The zero-order valence-corrected chi connectivity index (χ0v) is 14.1. The normalized spacial score (nSPS) is 17.2. The Hall–Kier alpha value is -2.61. The van der Waals surface area contributed by atoms with Gasteiger partial charge in [-0.15, -0.1) is 0 Å². The third-order valence-corrected chi connectivity index (χ3v) is 4.68. The lowest BCUT2D eigenvalue weighted by molar-refractivity contribution is 0.0731. The molecule has 136 valence electrons. The van der Waals surface area contributed by atoms with Crippen LogP contribution < -0.4 is 4.90 Å². The zero-order valence-electron chi connectivity index (χ0n) is 14.1. The Bertz CT molecular complexity index is 840. The van der Waals surface area contributed by atoms with Gasteiger partial charge in [0.05, 0.1) is 25.5 Å². The van der Waals surface area contributed by atoms with Gasteiger partial charge in [-0.2, -0.15) is 0 Å². The Labute approximate surface area is 149 Å². The van der Waals surface area contributed by atoms with Gasteiger partial charge in [-0.3, -0.25) is 4.79 Å². The van der Waals surface area contributed by atoms with Crippen molar-refractivity contribution in [2.75, 3.05) is 37.7 Å². The van der Waals surface area contributed by atoms with Crippen molar-refractivity contribution in [1.29, 1.82) is 0 Å². The van der Waals surface area contributed by atoms with Gasteiger partial charge >= 0.3 is 0 Å². The minimum absolute atomic E-state index is 0.134. The SMILES string of the molecule is O=C(c1ccc(F)c(F)c1)N1CCc2cnc(N3CCOCC3)nc2C1. The highest BCUT2D eigenvalue weighted by Crippen LogP contribution is 2.22. The van der Waals surface area contributed by atoms with Crippen LogP contribution in [0.5, 0.6) is 0 Å². The van der Waals surface area contributed by atoms with Crippen molar-refractivity contribution in [3.63, 3.8) is 0 Å². The number of carbonyl (C=O) groups is 1. The van der Waals surface area contributed by atoms with Crippen LogP contribution in [0.15, 0.2) is 24.4 Å². The fourth-order valence-corrected chi connectivity index (χ4v) is 3.19. The number of morpholine rings is 1. The molecule has 0 atom stereocenters. The van der Waals surface area contributed by atoms with Gasteiger partial charge in [0.1, 0.15) is 0 Å². The van der Waals surface area contributed by atoms with Gasteiger partial charge in [0.15, 0.2) is 11.6 Å². The molecule has 26 heavy (non-hydrogen) atoms. The van der Waals surface area contributed by atoms with Crippen LogP contribution in [0.3, 0.4) is 0 Å². The molecule has 1 aromatic carbocycles. The van der Waals surface area contributed by atoms with Crippen molar-refractivity contribution < 1.29 is 18.3 Å². The van der Waals surface area contributed by atoms with Gasteiger partial charge < -0.3 is 14.5 Å². The van der Waals surface area contributed by atoms with E-state index in [-0.39, 0.29) is 11.5 Å². The van der Waals surface area contributed by atoms with E-state index in [9.17, 15) is 13.6 Å². The number of rotatable bonds is 2. The molecule has 2 aliphatic rings. The highest BCUT2D eigenvalue weighted by Gasteiger charge is 2.25. The van der Waals surface area contributed by atoms with Crippen LogP contribution in [0.25, 0.3) is 0 Å². The number of amides is 1. The Morgan fingerprint density at radius 3 is 2.69 bits per heavy atom. The van der Waals surface area contributed by atoms with Crippen LogP contribution in [0, 0.1) is 11.6 Å². The number of anilines is 1. The van der Waals surface area contributed by atoms with E-state index in [1.807, 2.05) is 6.20 Å². The molecule has 1 saturated heterocycles. The summed E-state index contributed by atoms with van der Waals surface area (Å²) in [5.41, 5.74) is 1.94. The average Bonchev–Trinajstić information content (AvgIpc) is 2.69. The first kappa shape index (κ1) is 16.8. The molecule has 8 heteroatoms. The molecule has 2 aromatic rings. The number of ether oxygens (including phenoxy) is 1. The number of hydrogen-bond donors (Lipinski definition) is 0. The van der Waals surface area contributed by atoms with E-state index < -0.39 is 11.6 Å². The van der Waals surface area contributed by atoms with Crippen molar-refractivity contribution in [2.45, 2.75) is 13.0 Å². The van der Waals surface area contributed by atoms with Crippen molar-refractivity contribution in [3.05, 3.63) is 52.9 Å². The third kappa shape index (κ3) is 3.24. The molecular weight excluding hydrogens is 342 g/mol. The summed E-state index contributed by atoms with van der Waals surface area (Å²) in [5.74, 6) is -1.69. The van der Waals surface area contributed by atoms with E-state index >= 15 is 0 Å². The maximum atomic E-state index is 13.4. The molecule has 6 nitrogen and oxygen atoms in total. The molecule has 0 radical (unpaired) electrons. The topological polar surface area (TPSA) is 58.6 Å². The lowest BCUT2D eigenvalue weighted by Crippen LogP contribution is -2.39. The molecule has 0 aliphatic carbocycles. The minimum atomic E-state index is -1.02. The van der Waals surface area contributed by atoms with Crippen LogP contribution in [0.2, 0.25) is 0 Å². The molecule has 0 saturated carbocycles. The second kappa shape index (κ2) is 6.95. The highest BCUT2D eigenvalue weighted by atomic mass is 19.2. The number of hydrogen-bond acceptors (Lipinski definition) is 5. The summed E-state index contributed by atoms with van der Waals surface area (Å²) in [4.78, 5) is 25.3. The zero-order chi connectivity index (χ0) is 18.1. The van der Waals surface area contributed by atoms with E-state index in [1.165, 1.54) is 6.07 Å². The monoisotopic (exact) mass is 360 g/mol. The molecule has 1 amide bonds. The van der Waals surface area contributed by atoms with Crippen molar-refractivity contribution >= 4 is 11.9 Å². The predicted octanol–water partition coefficient (Wildman–Crippen LogP) is 1.79. The highest BCUT2D eigenvalue weighted by molar-refractivity contribution is 5.94. The lowest BCUT2D eigenvalue weighted by Gasteiger charge is -2.30. The summed E-state index contributed by atoms with van der Waals surface area (Å²) in [5, 5.41) is 0. The number of nitrogens with zero attached hydrogens (tertiary/aromatic N) is 4. The molecule has 4 rings (SSSR count). The Kier molecular flexibility index (Phi) is 4.50. The van der Waals surface area contributed by atoms with E-state index in [4.69, 9.17) is 4.74 Å². The molecule has 0 bridgehead atoms. The van der Waals surface area contributed by atoms with Gasteiger partial charge in [0.2, 0.25) is 5.95 Å². The first-order valence-corrected chi connectivity index (χ1v) is 8.53. The van der Waals surface area contributed by atoms with Crippen molar-refractivity contribution in [2.24, 2.45) is 0 Å². The minimum Gasteiger partial charge on any atom is -0.378 e. The summed E-state index contributed by atoms with van der Waals surface area (Å²) < 4.78 is 31.9. The van der Waals surface area contributed by atoms with Crippen LogP contribution in [-0.2, 0) is 17.7 Å². The Morgan fingerprint density at radius 2 is 1.92 bits per heavy atom. The predicted molar refractivity (Wildman–Crippen MR) is 89.9 cm³/mol. The van der Waals surface area contributed by atoms with E-state index in [2.05, 4.69) is 14.9 Å². The molecule has 0 spiro atoms. The van der Waals surface area contributed by atoms with Gasteiger partial charge in [-0.25, -0.2) is 18.7 Å². The fourth-order valence-electron chi connectivity index (χ4n) is 3.19. The Balaban J connectivity index is 1.54. The van der Waals surface area contributed by atoms with E-state index in [1.54, 1.807) is 4.90 Å². The molecule has 2 aliphatic heterocycles. The smallest absolute Gasteiger partial charge is 0.254 e. The summed E-state index contributed by atoms with van der Waals surface area (Å²) in [7, 11) is 0. The maximum absolute atomic E-state index is 13.4. The van der Waals surface area contributed by atoms with Gasteiger partial charge in [0, 0.05) is 31.4 Å². The second-order valence-corrected chi connectivity index (χ2v) is 6.35. The van der Waals surface area contributed by atoms with Gasteiger partial charge in [-0.05, 0) is 30.2 Å². The average molecular weight is 360 g/mol. The second-order valence-electron chi connectivity index (χ2n) is 6.35. The first-order chi connectivity index (χ1) is 12.6. The fraction of sp³-hybridized carbons (Fsp3) is 0.389. The van der Waals surface area contributed by atoms with E-state index in [0.29, 0.717) is 38.7 Å². The summed E-state index contributed by atoms with van der Waals surface area (Å²) >= 11 is 0. The number of carbonyl (C=O) groups excluding carboxylic acids is 1. The largest absolute Gasteiger partial charge is 0.378 e. The van der Waals surface area contributed by atoms with Crippen molar-refractivity contribution in [1.82, 2.24) is 14.9 Å². The van der Waals surface area contributed by atoms with Crippen LogP contribution >= 0.6 is 0 Å². The molecule has 0 N–H and O–H groups in total. The maximum Gasteiger partial charge on any atom is 0.254 e. The van der Waals surface area contributed by atoms with Gasteiger partial charge in [-0.1, -0.05) is 0 Å². The number of fused-ring (bicyclic) bond motifs is 1. The number of halogens is 2. The summed E-state index contributed by atoms with van der Waals surface area (Å²) in [6, 6.07) is 3.21. The molecular formula is C18H18F2N4O2. The van der Waals surface area contributed by atoms with Crippen LogP contribution in [-0.4, -0.2) is 53.6 Å². The van der Waals surface area contributed by atoms with Crippen LogP contribution in [0.1, 0.15) is 21.6 Å². The summed E-state index contributed by atoms with van der Waals surface area (Å²) in [6.45, 7) is 3.56. The lowest BCUT2D eigenvalue weighted by atomic mass is 10.1. The standard InChI is InChI=1S/C18H18F2N4O2/c19-14-2-1-12(9-15(14)20)17(25)24-4-3-13-10-21-18(22-16(13)11-24)23-5-7-26-8-6-23/h1-2,9-10H,3-8,11H2. The van der Waals surface area contributed by atoms with Gasteiger partial charge in [0.25, 0.3) is 5.91 Å². The molecule has 1 aromatic heterocycles. The first-order valence-electron chi connectivity index (χ1n) is 8.53. The molecule has 0 unspecified atom stereocenters. The van der Waals surface area contributed by atoms with Crippen molar-refractivity contribution in [3.8, 4) is 0 Å². The van der Waals surface area contributed by atoms with Crippen LogP contribution in [0.4, 0.5) is 14.7 Å². The third-order valence-electron chi connectivity index (χ3n) is 4.68. The number of benzene rings is 1. The quantitative estimate of drug-likeness (QED) is 0.817.